The van der Waals surface area contributed by atoms with E-state index in [0.717, 1.165) is 12.8 Å². The Morgan fingerprint density at radius 2 is 2.00 bits per heavy atom. The van der Waals surface area contributed by atoms with Gasteiger partial charge in [0.2, 0.25) is 0 Å². The average Bonchev–Trinajstić information content (AvgIpc) is 2.82. The molecule has 1 fully saturated rings. The molecule has 2 nitrogen and oxygen atoms in total. The summed E-state index contributed by atoms with van der Waals surface area (Å²) >= 11 is 0. The van der Waals surface area contributed by atoms with E-state index in [1.54, 1.807) is 18.2 Å². The van der Waals surface area contributed by atoms with Gasteiger partial charge in [0.1, 0.15) is 6.04 Å². The molecule has 2 unspecified atom stereocenters. The zero-order valence-corrected chi connectivity index (χ0v) is 9.91. The quantitative estimate of drug-likeness (QED) is 0.897. The average molecular weight is 259 g/mol. The van der Waals surface area contributed by atoms with Gasteiger partial charge in [-0.3, -0.25) is 5.32 Å². The Bertz CT molecular complexity index is 360. The number of halogens is 3. The summed E-state index contributed by atoms with van der Waals surface area (Å²) < 4.78 is 44.3. The topological polar surface area (TPSA) is 21.3 Å². The van der Waals surface area contributed by atoms with Crippen LogP contribution in [-0.4, -0.2) is 25.4 Å². The maximum Gasteiger partial charge on any atom is 0.407 e. The second-order valence-corrected chi connectivity index (χ2v) is 4.43. The van der Waals surface area contributed by atoms with Crippen molar-refractivity contribution >= 4 is 0 Å². The molecule has 1 saturated heterocycles. The number of alkyl halides is 3. The summed E-state index contributed by atoms with van der Waals surface area (Å²) in [5.41, 5.74) is 0.239. The predicted molar refractivity (Wildman–Crippen MR) is 62.2 cm³/mol. The van der Waals surface area contributed by atoms with E-state index in [4.69, 9.17) is 4.74 Å². The van der Waals surface area contributed by atoms with Crippen molar-refractivity contribution < 1.29 is 17.9 Å². The van der Waals surface area contributed by atoms with Gasteiger partial charge in [0, 0.05) is 13.2 Å². The van der Waals surface area contributed by atoms with Gasteiger partial charge in [-0.05, 0) is 18.4 Å². The minimum Gasteiger partial charge on any atom is -0.377 e. The number of nitrogens with one attached hydrogen (secondary N) is 1. The standard InChI is InChI=1S/C13H16F3NO/c14-13(15,16)12(10-5-2-1-3-6-10)17-9-11-7-4-8-18-11/h1-3,5-6,11-12,17H,4,7-9H2. The van der Waals surface area contributed by atoms with Crippen LogP contribution >= 0.6 is 0 Å². The van der Waals surface area contributed by atoms with Crippen molar-refractivity contribution in [1.82, 2.24) is 5.32 Å². The Hall–Kier alpha value is -1.07. The lowest BCUT2D eigenvalue weighted by atomic mass is 10.1. The van der Waals surface area contributed by atoms with Crippen molar-refractivity contribution in [3.63, 3.8) is 0 Å². The minimum absolute atomic E-state index is 0.0986. The van der Waals surface area contributed by atoms with Gasteiger partial charge in [-0.1, -0.05) is 30.3 Å². The highest BCUT2D eigenvalue weighted by atomic mass is 19.4. The molecule has 1 aromatic rings. The molecule has 1 aromatic carbocycles. The van der Waals surface area contributed by atoms with Crippen molar-refractivity contribution in [2.45, 2.75) is 31.2 Å². The molecule has 1 heterocycles. The Labute approximate surface area is 104 Å². The number of rotatable bonds is 4. The molecule has 0 aromatic heterocycles. The lowest BCUT2D eigenvalue weighted by molar-refractivity contribution is -0.158. The predicted octanol–water partition coefficient (Wildman–Crippen LogP) is 3.06. The number of hydrogen-bond acceptors (Lipinski definition) is 2. The van der Waals surface area contributed by atoms with E-state index in [-0.39, 0.29) is 18.2 Å². The zero-order chi connectivity index (χ0) is 13.0. The van der Waals surface area contributed by atoms with E-state index < -0.39 is 12.2 Å². The molecule has 18 heavy (non-hydrogen) atoms. The molecule has 2 rings (SSSR count). The molecule has 100 valence electrons. The van der Waals surface area contributed by atoms with Gasteiger partial charge < -0.3 is 4.74 Å². The van der Waals surface area contributed by atoms with Gasteiger partial charge in [-0.15, -0.1) is 0 Å². The molecule has 0 amide bonds. The van der Waals surface area contributed by atoms with E-state index in [1.807, 2.05) is 0 Å². The van der Waals surface area contributed by atoms with E-state index >= 15 is 0 Å². The van der Waals surface area contributed by atoms with Crippen LogP contribution in [0.5, 0.6) is 0 Å². The summed E-state index contributed by atoms with van der Waals surface area (Å²) in [6.45, 7) is 0.882. The Morgan fingerprint density at radius 1 is 1.28 bits per heavy atom. The van der Waals surface area contributed by atoms with Gasteiger partial charge in [0.05, 0.1) is 6.10 Å². The maximum atomic E-state index is 13.0. The van der Waals surface area contributed by atoms with Crippen molar-refractivity contribution in [2.24, 2.45) is 0 Å². The Balaban J connectivity index is 2.01. The molecule has 0 saturated carbocycles. The first kappa shape index (κ1) is 13.4. The Kier molecular flexibility index (Phi) is 4.24. The van der Waals surface area contributed by atoms with Crippen LogP contribution in [0.4, 0.5) is 13.2 Å². The minimum atomic E-state index is -4.29. The molecule has 0 spiro atoms. The van der Waals surface area contributed by atoms with E-state index in [9.17, 15) is 13.2 Å². The third-order valence-corrected chi connectivity index (χ3v) is 3.03. The number of benzene rings is 1. The smallest absolute Gasteiger partial charge is 0.377 e. The van der Waals surface area contributed by atoms with Gasteiger partial charge in [-0.2, -0.15) is 13.2 Å². The third kappa shape index (κ3) is 3.46. The normalized spacial score (nSPS) is 22.1. The van der Waals surface area contributed by atoms with Crippen LogP contribution in [0.25, 0.3) is 0 Å². The molecule has 0 radical (unpaired) electrons. The fourth-order valence-electron chi connectivity index (χ4n) is 2.12. The van der Waals surface area contributed by atoms with Crippen LogP contribution in [0.15, 0.2) is 30.3 Å². The molecule has 1 aliphatic heterocycles. The molecule has 0 aliphatic carbocycles. The van der Waals surface area contributed by atoms with Crippen LogP contribution < -0.4 is 5.32 Å². The van der Waals surface area contributed by atoms with E-state index in [1.165, 1.54) is 12.1 Å². The highest BCUT2D eigenvalue weighted by molar-refractivity contribution is 5.20. The number of hydrogen-bond donors (Lipinski definition) is 1. The van der Waals surface area contributed by atoms with Crippen molar-refractivity contribution in [2.75, 3.05) is 13.2 Å². The lowest BCUT2D eigenvalue weighted by Crippen LogP contribution is -2.38. The zero-order valence-electron chi connectivity index (χ0n) is 9.91. The molecular weight excluding hydrogens is 243 g/mol. The first-order chi connectivity index (χ1) is 8.57. The third-order valence-electron chi connectivity index (χ3n) is 3.03. The van der Waals surface area contributed by atoms with Crippen LogP contribution in [0.3, 0.4) is 0 Å². The summed E-state index contributed by atoms with van der Waals surface area (Å²) in [4.78, 5) is 0. The van der Waals surface area contributed by atoms with Crippen LogP contribution in [0.2, 0.25) is 0 Å². The molecular formula is C13H16F3NO. The molecule has 1 N–H and O–H groups in total. The summed E-state index contributed by atoms with van der Waals surface area (Å²) in [6, 6.07) is 6.28. The van der Waals surface area contributed by atoms with E-state index in [2.05, 4.69) is 5.32 Å². The first-order valence-corrected chi connectivity index (χ1v) is 6.04. The van der Waals surface area contributed by atoms with Gasteiger partial charge in [0.15, 0.2) is 0 Å². The summed E-state index contributed by atoms with van der Waals surface area (Å²) in [5.74, 6) is 0. The van der Waals surface area contributed by atoms with Crippen LogP contribution in [0, 0.1) is 0 Å². The first-order valence-electron chi connectivity index (χ1n) is 6.04. The van der Waals surface area contributed by atoms with Crippen LogP contribution in [-0.2, 0) is 4.74 Å². The SMILES string of the molecule is FC(F)(F)C(NCC1CCCO1)c1ccccc1. The second-order valence-electron chi connectivity index (χ2n) is 4.43. The summed E-state index contributed by atoms with van der Waals surface area (Å²) in [6.07, 6.45) is -2.64. The summed E-state index contributed by atoms with van der Waals surface area (Å²) in [7, 11) is 0. The second kappa shape index (κ2) is 5.71. The van der Waals surface area contributed by atoms with Crippen LogP contribution in [0.1, 0.15) is 24.4 Å². The molecule has 1 aliphatic rings. The maximum absolute atomic E-state index is 13.0. The fraction of sp³-hybridized carbons (Fsp3) is 0.538. The van der Waals surface area contributed by atoms with Gasteiger partial charge >= 0.3 is 6.18 Å². The van der Waals surface area contributed by atoms with Crippen molar-refractivity contribution in [1.29, 1.82) is 0 Å². The fourth-order valence-corrected chi connectivity index (χ4v) is 2.12. The molecule has 2 atom stereocenters. The highest BCUT2D eigenvalue weighted by Gasteiger charge is 2.40. The largest absolute Gasteiger partial charge is 0.407 e. The lowest BCUT2D eigenvalue weighted by Gasteiger charge is -2.23. The molecule has 0 bridgehead atoms. The van der Waals surface area contributed by atoms with E-state index in [0.29, 0.717) is 6.61 Å². The monoisotopic (exact) mass is 259 g/mol. The van der Waals surface area contributed by atoms with Crippen molar-refractivity contribution in [3.8, 4) is 0 Å². The van der Waals surface area contributed by atoms with Gasteiger partial charge in [0.25, 0.3) is 0 Å². The highest BCUT2D eigenvalue weighted by Crippen LogP contribution is 2.32. The Morgan fingerprint density at radius 3 is 2.56 bits per heavy atom. The van der Waals surface area contributed by atoms with Gasteiger partial charge in [-0.25, -0.2) is 0 Å². The summed E-state index contributed by atoms with van der Waals surface area (Å²) in [5, 5.41) is 2.57. The number of ether oxygens (including phenoxy) is 1. The van der Waals surface area contributed by atoms with Crippen molar-refractivity contribution in [3.05, 3.63) is 35.9 Å². The molecule has 5 heteroatoms.